The van der Waals surface area contributed by atoms with Crippen LogP contribution in [-0.2, 0) is 6.42 Å². The molecule has 1 saturated carbocycles. The van der Waals surface area contributed by atoms with Crippen molar-refractivity contribution < 1.29 is 14.3 Å². The lowest BCUT2D eigenvalue weighted by Crippen LogP contribution is -2.48. The first-order valence-electron chi connectivity index (χ1n) is 7.56. The summed E-state index contributed by atoms with van der Waals surface area (Å²) >= 11 is 0. The van der Waals surface area contributed by atoms with Gasteiger partial charge in [-0.1, -0.05) is 6.07 Å². The van der Waals surface area contributed by atoms with Gasteiger partial charge in [-0.2, -0.15) is 0 Å². The molecule has 22 heavy (non-hydrogen) atoms. The number of furan rings is 1. The first-order chi connectivity index (χ1) is 10.6. The molecule has 1 fully saturated rings. The fourth-order valence-corrected chi connectivity index (χ4v) is 2.90. The van der Waals surface area contributed by atoms with Gasteiger partial charge in [-0.25, -0.2) is 0 Å². The lowest BCUT2D eigenvalue weighted by Gasteiger charge is -2.38. The molecule has 2 N–H and O–H groups in total. The first kappa shape index (κ1) is 14.8. The van der Waals surface area contributed by atoms with E-state index in [2.05, 4.69) is 10.3 Å². The number of pyridine rings is 1. The summed E-state index contributed by atoms with van der Waals surface area (Å²) < 4.78 is 5.19. The summed E-state index contributed by atoms with van der Waals surface area (Å²) in [6.07, 6.45) is 5.14. The minimum atomic E-state index is -0.246. The summed E-state index contributed by atoms with van der Waals surface area (Å²) in [6, 6.07) is 7.42. The average Bonchev–Trinajstić information content (AvgIpc) is 2.91. The van der Waals surface area contributed by atoms with Crippen molar-refractivity contribution in [3.63, 3.8) is 0 Å². The van der Waals surface area contributed by atoms with Crippen LogP contribution in [0.15, 0.2) is 41.1 Å². The third-order valence-electron chi connectivity index (χ3n) is 4.29. The molecule has 0 aliphatic heterocycles. The van der Waals surface area contributed by atoms with Crippen LogP contribution in [0.4, 0.5) is 0 Å². The smallest absolute Gasteiger partial charge is 0.255 e. The first-order valence-corrected chi connectivity index (χ1v) is 7.56. The van der Waals surface area contributed by atoms with E-state index in [-0.39, 0.29) is 24.0 Å². The van der Waals surface area contributed by atoms with Gasteiger partial charge in [0.05, 0.1) is 17.9 Å². The van der Waals surface area contributed by atoms with Gasteiger partial charge >= 0.3 is 0 Å². The zero-order valence-electron chi connectivity index (χ0n) is 12.5. The van der Waals surface area contributed by atoms with Crippen LogP contribution in [0.25, 0.3) is 0 Å². The lowest BCUT2D eigenvalue weighted by atomic mass is 9.76. The van der Waals surface area contributed by atoms with Crippen molar-refractivity contribution in [2.45, 2.75) is 38.3 Å². The van der Waals surface area contributed by atoms with Crippen LogP contribution < -0.4 is 5.32 Å². The molecule has 1 aliphatic rings. The third-order valence-corrected chi connectivity index (χ3v) is 4.29. The summed E-state index contributed by atoms with van der Waals surface area (Å²) in [5.74, 6) is 0.768. The predicted molar refractivity (Wildman–Crippen MR) is 81.4 cm³/mol. The number of aliphatic hydroxyl groups excluding tert-OH is 1. The van der Waals surface area contributed by atoms with E-state index >= 15 is 0 Å². The number of nitrogens with zero attached hydrogens (tertiary/aromatic N) is 1. The Labute approximate surface area is 129 Å². The highest BCUT2D eigenvalue weighted by atomic mass is 16.3. The molecule has 1 amide bonds. The maximum atomic E-state index is 12.4. The SMILES string of the molecule is Cc1occc1C(=O)N[C@@H](Cc1ccccn1)C1CC(O)C1. The average molecular weight is 300 g/mol. The number of nitrogens with one attached hydrogen (secondary N) is 1. The molecule has 2 heterocycles. The van der Waals surface area contributed by atoms with Gasteiger partial charge in [-0.05, 0) is 43.9 Å². The van der Waals surface area contributed by atoms with E-state index in [0.29, 0.717) is 17.7 Å². The van der Waals surface area contributed by atoms with Crippen molar-refractivity contribution >= 4 is 5.91 Å². The monoisotopic (exact) mass is 300 g/mol. The Morgan fingerprint density at radius 2 is 2.27 bits per heavy atom. The van der Waals surface area contributed by atoms with Crippen molar-refractivity contribution in [2.24, 2.45) is 5.92 Å². The fraction of sp³-hybridized carbons (Fsp3) is 0.412. The second kappa shape index (κ2) is 6.32. The Hall–Kier alpha value is -2.14. The molecule has 0 spiro atoms. The zero-order chi connectivity index (χ0) is 15.5. The second-order valence-corrected chi connectivity index (χ2v) is 5.88. The van der Waals surface area contributed by atoms with E-state index in [4.69, 9.17) is 4.42 Å². The molecule has 5 nitrogen and oxygen atoms in total. The topological polar surface area (TPSA) is 75.4 Å². The van der Waals surface area contributed by atoms with Gasteiger partial charge in [-0.3, -0.25) is 9.78 Å². The molecule has 0 unspecified atom stereocenters. The molecule has 5 heteroatoms. The number of carbonyl (C=O) groups excluding carboxylic acids is 1. The minimum Gasteiger partial charge on any atom is -0.469 e. The maximum Gasteiger partial charge on any atom is 0.255 e. The highest BCUT2D eigenvalue weighted by Gasteiger charge is 2.35. The highest BCUT2D eigenvalue weighted by molar-refractivity contribution is 5.95. The summed E-state index contributed by atoms with van der Waals surface area (Å²) in [7, 11) is 0. The number of aromatic nitrogens is 1. The van der Waals surface area contributed by atoms with Crippen LogP contribution in [0.2, 0.25) is 0 Å². The molecule has 2 aromatic heterocycles. The summed E-state index contributed by atoms with van der Waals surface area (Å²) in [6.45, 7) is 1.77. The minimum absolute atomic E-state index is 0.0277. The van der Waals surface area contributed by atoms with E-state index in [1.165, 1.54) is 6.26 Å². The van der Waals surface area contributed by atoms with Crippen molar-refractivity contribution in [2.75, 3.05) is 0 Å². The molecule has 116 valence electrons. The Morgan fingerprint density at radius 3 is 2.86 bits per heavy atom. The van der Waals surface area contributed by atoms with Gasteiger partial charge in [0, 0.05) is 24.4 Å². The Balaban J connectivity index is 1.71. The van der Waals surface area contributed by atoms with Crippen LogP contribution in [0.3, 0.4) is 0 Å². The molecule has 1 aliphatic carbocycles. The van der Waals surface area contributed by atoms with Gasteiger partial charge in [0.25, 0.3) is 5.91 Å². The number of rotatable bonds is 5. The van der Waals surface area contributed by atoms with E-state index in [9.17, 15) is 9.90 Å². The Morgan fingerprint density at radius 1 is 1.45 bits per heavy atom. The van der Waals surface area contributed by atoms with Crippen LogP contribution in [0, 0.1) is 12.8 Å². The van der Waals surface area contributed by atoms with Crippen LogP contribution in [-0.4, -0.2) is 28.1 Å². The zero-order valence-corrected chi connectivity index (χ0v) is 12.5. The number of carbonyl (C=O) groups is 1. The normalized spacial score (nSPS) is 21.9. The van der Waals surface area contributed by atoms with Crippen LogP contribution in [0.5, 0.6) is 0 Å². The molecular formula is C17H20N2O3. The molecule has 0 aromatic carbocycles. The van der Waals surface area contributed by atoms with Crippen molar-refractivity contribution in [1.82, 2.24) is 10.3 Å². The second-order valence-electron chi connectivity index (χ2n) is 5.88. The van der Waals surface area contributed by atoms with Crippen molar-refractivity contribution in [3.8, 4) is 0 Å². The maximum absolute atomic E-state index is 12.4. The Bertz CT molecular complexity index is 632. The van der Waals surface area contributed by atoms with Crippen molar-refractivity contribution in [1.29, 1.82) is 0 Å². The van der Waals surface area contributed by atoms with Crippen LogP contribution in [0.1, 0.15) is 34.7 Å². The van der Waals surface area contributed by atoms with Crippen LogP contribution >= 0.6 is 0 Å². The standard InChI is InChI=1S/C17H20N2O3/c1-11-15(5-7-22-11)17(21)19-16(12-8-14(20)9-12)10-13-4-2-3-6-18-13/h2-7,12,14,16,20H,8-10H2,1H3,(H,19,21)/t12?,14?,16-/m0/s1. The predicted octanol–water partition coefficient (Wildman–Crippen LogP) is 2.10. The number of aryl methyl sites for hydroxylation is 1. The lowest BCUT2D eigenvalue weighted by molar-refractivity contribution is 0.0237. The van der Waals surface area contributed by atoms with E-state index in [1.807, 2.05) is 18.2 Å². The van der Waals surface area contributed by atoms with E-state index < -0.39 is 0 Å². The highest BCUT2D eigenvalue weighted by Crippen LogP contribution is 2.31. The number of hydrogen-bond donors (Lipinski definition) is 2. The molecule has 1 atom stereocenters. The molecule has 2 aromatic rings. The van der Waals surface area contributed by atoms with Gasteiger partial charge in [-0.15, -0.1) is 0 Å². The van der Waals surface area contributed by atoms with Gasteiger partial charge in [0.2, 0.25) is 0 Å². The largest absolute Gasteiger partial charge is 0.469 e. The van der Waals surface area contributed by atoms with Gasteiger partial charge in [0.1, 0.15) is 5.76 Å². The summed E-state index contributed by atoms with van der Waals surface area (Å²) in [5.41, 5.74) is 1.50. The number of hydrogen-bond acceptors (Lipinski definition) is 4. The third kappa shape index (κ3) is 3.20. The van der Waals surface area contributed by atoms with Gasteiger partial charge in [0.15, 0.2) is 0 Å². The van der Waals surface area contributed by atoms with Crippen molar-refractivity contribution in [3.05, 3.63) is 53.7 Å². The molecule has 0 bridgehead atoms. The summed E-state index contributed by atoms with van der Waals surface area (Å²) in [4.78, 5) is 16.7. The summed E-state index contributed by atoms with van der Waals surface area (Å²) in [5, 5.41) is 12.6. The molecule has 3 rings (SSSR count). The Kier molecular flexibility index (Phi) is 4.24. The van der Waals surface area contributed by atoms with E-state index in [0.717, 1.165) is 18.5 Å². The molecular weight excluding hydrogens is 280 g/mol. The quantitative estimate of drug-likeness (QED) is 0.886. The fourth-order valence-electron chi connectivity index (χ4n) is 2.90. The molecule has 0 radical (unpaired) electrons. The van der Waals surface area contributed by atoms with E-state index in [1.54, 1.807) is 19.2 Å². The number of amides is 1. The molecule has 0 saturated heterocycles. The van der Waals surface area contributed by atoms with Gasteiger partial charge < -0.3 is 14.8 Å². The number of aliphatic hydroxyl groups is 1.